The highest BCUT2D eigenvalue weighted by Crippen LogP contribution is 2.01. The summed E-state index contributed by atoms with van der Waals surface area (Å²) in [4.78, 5) is 2.10. The molecule has 1 rings (SSSR count). The Bertz CT molecular complexity index is 179. The number of rotatable bonds is 3. The summed E-state index contributed by atoms with van der Waals surface area (Å²) in [5.74, 6) is 0. The lowest BCUT2D eigenvalue weighted by Crippen LogP contribution is -2.49. The second-order valence-electron chi connectivity index (χ2n) is 2.85. The van der Waals surface area contributed by atoms with Crippen molar-refractivity contribution in [3.8, 4) is 0 Å². The molecule has 0 amide bonds. The fraction of sp³-hybridized carbons (Fsp3) is 1.00. The molecule has 1 fully saturated rings. The third kappa shape index (κ3) is 2.71. The molecule has 1 aliphatic heterocycles. The van der Waals surface area contributed by atoms with Gasteiger partial charge in [0.15, 0.2) is 0 Å². The second-order valence-corrected chi connectivity index (χ2v) is 2.85. The van der Waals surface area contributed by atoms with Crippen molar-refractivity contribution in [1.29, 1.82) is 0 Å². The number of piperazine rings is 1. The number of β-amino-alcohol motifs (C(OH)–C–C–N with tert-alkyl or cyclic N) is 1. The summed E-state index contributed by atoms with van der Waals surface area (Å²) < 4.78 is 0. The van der Waals surface area contributed by atoms with E-state index < -0.39 is 0 Å². The number of nitrogens with zero attached hydrogens (tertiary/aromatic N) is 4. The molecular formula is C6H13N4O3-. The molecule has 0 bridgehead atoms. The van der Waals surface area contributed by atoms with E-state index >= 15 is 0 Å². The van der Waals surface area contributed by atoms with Gasteiger partial charge in [-0.25, -0.2) is 0 Å². The van der Waals surface area contributed by atoms with E-state index in [1.165, 1.54) is 5.01 Å². The van der Waals surface area contributed by atoms with E-state index in [0.717, 1.165) is 0 Å². The zero-order valence-corrected chi connectivity index (χ0v) is 7.30. The Balaban J connectivity index is 2.30. The molecule has 7 heteroatoms. The average Bonchev–Trinajstić information content (AvgIpc) is 2.18. The van der Waals surface area contributed by atoms with E-state index in [0.29, 0.717) is 32.7 Å². The minimum atomic E-state index is 0.0796. The molecule has 7 nitrogen and oxygen atoms in total. The monoisotopic (exact) mass is 189 g/mol. The quantitative estimate of drug-likeness (QED) is 0.348. The van der Waals surface area contributed by atoms with Crippen LogP contribution in [0.4, 0.5) is 0 Å². The fourth-order valence-electron chi connectivity index (χ4n) is 1.33. The van der Waals surface area contributed by atoms with E-state index in [1.54, 1.807) is 0 Å². The molecule has 0 aromatic rings. The van der Waals surface area contributed by atoms with Crippen LogP contribution in [0.15, 0.2) is 5.28 Å². The van der Waals surface area contributed by atoms with E-state index in [1.807, 2.05) is 4.90 Å². The third-order valence-corrected chi connectivity index (χ3v) is 2.08. The van der Waals surface area contributed by atoms with Gasteiger partial charge >= 0.3 is 0 Å². The standard InChI is InChI=1S/C6H14N4O3/c11-6-5-8-1-3-9(4-2-8)10(13)7-12/h11-12H,1-6H2/p-1/b10-7-. The van der Waals surface area contributed by atoms with Crippen LogP contribution in [0.5, 0.6) is 0 Å². The van der Waals surface area contributed by atoms with E-state index in [4.69, 9.17) is 5.11 Å². The third-order valence-electron chi connectivity index (χ3n) is 2.08. The van der Waals surface area contributed by atoms with Gasteiger partial charge in [0.05, 0.1) is 19.7 Å². The second kappa shape index (κ2) is 4.83. The molecule has 0 aromatic heterocycles. The van der Waals surface area contributed by atoms with E-state index in [-0.39, 0.29) is 11.6 Å². The first kappa shape index (κ1) is 10.0. The summed E-state index contributed by atoms with van der Waals surface area (Å²) in [6.07, 6.45) is 0. The van der Waals surface area contributed by atoms with Crippen molar-refractivity contribution in [2.75, 3.05) is 39.3 Å². The Labute approximate surface area is 76.0 Å². The Morgan fingerprint density at radius 3 is 2.38 bits per heavy atom. The van der Waals surface area contributed by atoms with Gasteiger partial charge in [0.25, 0.3) is 0 Å². The van der Waals surface area contributed by atoms with Gasteiger partial charge in [0.2, 0.25) is 0 Å². The molecule has 0 unspecified atom stereocenters. The Morgan fingerprint density at radius 2 is 1.92 bits per heavy atom. The molecule has 0 radical (unpaired) electrons. The lowest BCUT2D eigenvalue weighted by atomic mass is 10.3. The van der Waals surface area contributed by atoms with Crippen molar-refractivity contribution in [2.45, 2.75) is 0 Å². The Kier molecular flexibility index (Phi) is 3.71. The maximum absolute atomic E-state index is 10.7. The number of aliphatic hydroxyl groups excluding tert-OH is 1. The minimum Gasteiger partial charge on any atom is -0.737 e. The summed E-state index contributed by atoms with van der Waals surface area (Å²) in [5.41, 5.74) is 0. The van der Waals surface area contributed by atoms with Gasteiger partial charge in [-0.1, -0.05) is 0 Å². The number of aliphatic hydroxyl groups is 1. The fourth-order valence-corrected chi connectivity index (χ4v) is 1.33. The maximum Gasteiger partial charge on any atom is 0.0895 e. The molecule has 1 aliphatic rings. The lowest BCUT2D eigenvalue weighted by molar-refractivity contribution is -0.692. The highest BCUT2D eigenvalue weighted by Gasteiger charge is 2.20. The number of hydrazine groups is 1. The van der Waals surface area contributed by atoms with Gasteiger partial charge in [-0.3, -0.25) is 4.90 Å². The Morgan fingerprint density at radius 1 is 1.31 bits per heavy atom. The zero-order valence-electron chi connectivity index (χ0n) is 7.30. The summed E-state index contributed by atoms with van der Waals surface area (Å²) in [5, 5.41) is 32.9. The largest absolute Gasteiger partial charge is 0.737 e. The van der Waals surface area contributed by atoms with Crippen LogP contribution in [0.2, 0.25) is 0 Å². The first-order chi connectivity index (χ1) is 6.27. The van der Waals surface area contributed by atoms with Crippen LogP contribution in [-0.2, 0) is 0 Å². The molecular weight excluding hydrogens is 176 g/mol. The van der Waals surface area contributed by atoms with Crippen LogP contribution in [0, 0.1) is 10.4 Å². The van der Waals surface area contributed by atoms with Gasteiger partial charge < -0.3 is 15.5 Å². The predicted molar refractivity (Wildman–Crippen MR) is 44.5 cm³/mol. The van der Waals surface area contributed by atoms with Crippen molar-refractivity contribution < 1.29 is 10.1 Å². The molecule has 0 spiro atoms. The molecule has 0 saturated carbocycles. The van der Waals surface area contributed by atoms with Gasteiger partial charge in [0, 0.05) is 24.6 Å². The SMILES string of the molecule is [O-]/N=[N+](\[O-])N1CCN(CCO)CC1. The van der Waals surface area contributed by atoms with Crippen molar-refractivity contribution in [2.24, 2.45) is 5.28 Å². The van der Waals surface area contributed by atoms with Crippen molar-refractivity contribution >= 4 is 0 Å². The normalized spacial score (nSPS) is 20.7. The summed E-state index contributed by atoms with van der Waals surface area (Å²) in [7, 11) is 0. The van der Waals surface area contributed by atoms with E-state index in [2.05, 4.69) is 5.28 Å². The van der Waals surface area contributed by atoms with Crippen molar-refractivity contribution in [3.05, 3.63) is 10.4 Å². The maximum atomic E-state index is 10.7. The molecule has 0 aliphatic carbocycles. The molecule has 0 atom stereocenters. The topological polar surface area (TPSA) is 88.2 Å². The summed E-state index contributed by atoms with van der Waals surface area (Å²) in [6, 6.07) is 0. The van der Waals surface area contributed by atoms with Crippen LogP contribution in [0.1, 0.15) is 0 Å². The number of hydrogen-bond acceptors (Lipinski definition) is 5. The van der Waals surface area contributed by atoms with Crippen molar-refractivity contribution in [1.82, 2.24) is 9.91 Å². The summed E-state index contributed by atoms with van der Waals surface area (Å²) >= 11 is 0. The van der Waals surface area contributed by atoms with Gasteiger partial charge in [-0.2, -0.15) is 0 Å². The van der Waals surface area contributed by atoms with Crippen LogP contribution in [0.25, 0.3) is 0 Å². The highest BCUT2D eigenvalue weighted by atomic mass is 16.6. The lowest BCUT2D eigenvalue weighted by Gasteiger charge is -2.31. The molecule has 0 aromatic carbocycles. The smallest absolute Gasteiger partial charge is 0.0895 e. The molecule has 1 N–H and O–H groups in total. The molecule has 1 heterocycles. The molecule has 13 heavy (non-hydrogen) atoms. The van der Waals surface area contributed by atoms with Crippen molar-refractivity contribution in [3.63, 3.8) is 0 Å². The van der Waals surface area contributed by atoms with Crippen LogP contribution >= 0.6 is 0 Å². The Hall–Kier alpha value is -1.08. The van der Waals surface area contributed by atoms with E-state index in [9.17, 15) is 10.4 Å². The number of hydrogen-bond donors (Lipinski definition) is 1. The van der Waals surface area contributed by atoms with Crippen LogP contribution in [0.3, 0.4) is 0 Å². The zero-order chi connectivity index (χ0) is 9.68. The predicted octanol–water partition coefficient (Wildman–Crippen LogP) is -1.03. The molecule has 76 valence electrons. The van der Waals surface area contributed by atoms with Gasteiger partial charge in [-0.05, 0) is 5.28 Å². The van der Waals surface area contributed by atoms with Gasteiger partial charge in [-0.15, -0.1) is 5.01 Å². The van der Waals surface area contributed by atoms with Gasteiger partial charge in [0.1, 0.15) is 0 Å². The average molecular weight is 189 g/mol. The highest BCUT2D eigenvalue weighted by molar-refractivity contribution is 4.66. The summed E-state index contributed by atoms with van der Waals surface area (Å²) in [6.45, 7) is 3.04. The molecule has 1 saturated heterocycles. The van der Waals surface area contributed by atoms with Crippen LogP contribution < -0.4 is 0 Å². The van der Waals surface area contributed by atoms with Crippen LogP contribution in [-0.4, -0.2) is 59.3 Å². The first-order valence-electron chi connectivity index (χ1n) is 4.16. The first-order valence-corrected chi connectivity index (χ1v) is 4.16. The minimum absolute atomic E-state index is 0.0796.